The van der Waals surface area contributed by atoms with Crippen LogP contribution in [0.3, 0.4) is 0 Å². The molecule has 6 nitrogen and oxygen atoms in total. The summed E-state index contributed by atoms with van der Waals surface area (Å²) in [4.78, 5) is 31.2. The number of likely N-dealkylation sites (N-methyl/N-ethyl adjacent to an activating group) is 1. The summed E-state index contributed by atoms with van der Waals surface area (Å²) in [5.41, 5.74) is 1.42. The summed E-state index contributed by atoms with van der Waals surface area (Å²) >= 11 is 0. The molecular weight excluding hydrogens is 280 g/mol. The van der Waals surface area contributed by atoms with Gasteiger partial charge in [0.2, 0.25) is 0 Å². The Morgan fingerprint density at radius 1 is 1.45 bits per heavy atom. The van der Waals surface area contributed by atoms with Gasteiger partial charge in [-0.05, 0) is 44.5 Å². The van der Waals surface area contributed by atoms with Gasteiger partial charge in [0, 0.05) is 31.5 Å². The number of aromatic nitrogens is 2. The third-order valence-corrected chi connectivity index (χ3v) is 4.21. The number of rotatable bonds is 2. The van der Waals surface area contributed by atoms with Crippen LogP contribution < -0.4 is 10.9 Å². The molecule has 22 heavy (non-hydrogen) atoms. The molecule has 0 bridgehead atoms. The first-order valence-corrected chi connectivity index (χ1v) is 7.54. The molecule has 1 N–H and O–H groups in total. The zero-order chi connectivity index (χ0) is 15.7. The molecule has 0 aliphatic carbocycles. The normalized spacial score (nSPS) is 18.6. The van der Waals surface area contributed by atoms with Crippen LogP contribution in [0.5, 0.6) is 0 Å². The average molecular weight is 300 g/mol. The van der Waals surface area contributed by atoms with Crippen molar-refractivity contribution in [3.63, 3.8) is 0 Å². The van der Waals surface area contributed by atoms with E-state index >= 15 is 0 Å². The summed E-state index contributed by atoms with van der Waals surface area (Å²) in [6, 6.07) is 3.95. The van der Waals surface area contributed by atoms with Crippen molar-refractivity contribution in [1.29, 1.82) is 0 Å². The van der Waals surface area contributed by atoms with Gasteiger partial charge in [0.05, 0.1) is 0 Å². The lowest BCUT2D eigenvalue weighted by molar-refractivity contribution is 0.0695. The predicted molar refractivity (Wildman–Crippen MR) is 84.2 cm³/mol. The van der Waals surface area contributed by atoms with Crippen molar-refractivity contribution in [2.45, 2.75) is 25.8 Å². The topological polar surface area (TPSA) is 66.7 Å². The molecule has 6 heteroatoms. The minimum absolute atomic E-state index is 0.137. The fourth-order valence-corrected chi connectivity index (χ4v) is 2.89. The number of pyridine rings is 1. The summed E-state index contributed by atoms with van der Waals surface area (Å²) in [6.45, 7) is 3.26. The Kier molecular flexibility index (Phi) is 3.94. The molecule has 1 aliphatic rings. The number of hydrogen-bond acceptors (Lipinski definition) is 4. The van der Waals surface area contributed by atoms with E-state index in [9.17, 15) is 9.59 Å². The van der Waals surface area contributed by atoms with E-state index in [0.717, 1.165) is 18.4 Å². The van der Waals surface area contributed by atoms with Crippen molar-refractivity contribution in [3.8, 4) is 0 Å². The Balaban J connectivity index is 1.96. The molecule has 0 unspecified atom stereocenters. The molecule has 1 aliphatic heterocycles. The molecule has 0 saturated carbocycles. The number of nitrogens with one attached hydrogen (secondary N) is 1. The highest BCUT2D eigenvalue weighted by Crippen LogP contribution is 2.12. The zero-order valence-corrected chi connectivity index (χ0v) is 12.9. The van der Waals surface area contributed by atoms with Crippen molar-refractivity contribution in [1.82, 2.24) is 19.6 Å². The van der Waals surface area contributed by atoms with Crippen LogP contribution >= 0.6 is 0 Å². The van der Waals surface area contributed by atoms with E-state index in [0.29, 0.717) is 18.7 Å². The lowest BCUT2D eigenvalue weighted by atomic mass is 10.1. The van der Waals surface area contributed by atoms with Gasteiger partial charge in [-0.25, -0.2) is 4.98 Å². The zero-order valence-electron chi connectivity index (χ0n) is 12.9. The maximum absolute atomic E-state index is 12.6. The summed E-state index contributed by atoms with van der Waals surface area (Å²) in [5, 5.41) is 3.20. The molecular formula is C16H20N4O2. The van der Waals surface area contributed by atoms with Gasteiger partial charge < -0.3 is 10.2 Å². The number of carbonyl (C=O) groups excluding carboxylic acids is 1. The molecule has 3 rings (SSSR count). The third kappa shape index (κ3) is 2.62. The van der Waals surface area contributed by atoms with Crippen LogP contribution in [0.4, 0.5) is 0 Å². The number of likely N-dealkylation sites (tertiary alicyclic amines) is 1. The number of carbonyl (C=O) groups is 1. The summed E-state index contributed by atoms with van der Waals surface area (Å²) < 4.78 is 1.43. The monoisotopic (exact) mass is 300 g/mol. The Morgan fingerprint density at radius 2 is 2.27 bits per heavy atom. The second-order valence-corrected chi connectivity index (χ2v) is 5.79. The van der Waals surface area contributed by atoms with Crippen LogP contribution in [0, 0.1) is 6.92 Å². The molecule has 0 spiro atoms. The maximum Gasteiger partial charge on any atom is 0.270 e. The van der Waals surface area contributed by atoms with E-state index in [1.807, 2.05) is 26.1 Å². The smallest absolute Gasteiger partial charge is 0.270 e. The van der Waals surface area contributed by atoms with E-state index in [1.54, 1.807) is 11.1 Å². The lowest BCUT2D eigenvalue weighted by Gasteiger charge is -2.32. The molecule has 2 aromatic rings. The molecule has 2 aromatic heterocycles. The molecule has 0 aromatic carbocycles. The van der Waals surface area contributed by atoms with Crippen LogP contribution in [0.1, 0.15) is 28.8 Å². The van der Waals surface area contributed by atoms with Gasteiger partial charge in [0.15, 0.2) is 0 Å². The first-order valence-electron chi connectivity index (χ1n) is 7.54. The molecule has 3 heterocycles. The average Bonchev–Trinajstić information content (AvgIpc) is 2.54. The quantitative estimate of drug-likeness (QED) is 0.892. The van der Waals surface area contributed by atoms with Crippen LogP contribution in [0.25, 0.3) is 5.65 Å². The Labute approximate surface area is 128 Å². The molecule has 0 radical (unpaired) electrons. The molecule has 1 amide bonds. The van der Waals surface area contributed by atoms with Gasteiger partial charge in [-0.3, -0.25) is 14.0 Å². The second kappa shape index (κ2) is 5.88. The largest absolute Gasteiger partial charge is 0.337 e. The minimum Gasteiger partial charge on any atom is -0.337 e. The SMILES string of the molecule is CN[C@H]1CCCN(C(=O)c2cnc3cc(C)ccn3c2=O)C1. The Hall–Kier alpha value is -2.21. The minimum atomic E-state index is -0.304. The Morgan fingerprint density at radius 3 is 3.05 bits per heavy atom. The number of piperidine rings is 1. The van der Waals surface area contributed by atoms with Crippen molar-refractivity contribution in [3.05, 3.63) is 46.0 Å². The second-order valence-electron chi connectivity index (χ2n) is 5.79. The van der Waals surface area contributed by atoms with Gasteiger partial charge in [-0.15, -0.1) is 0 Å². The van der Waals surface area contributed by atoms with E-state index in [1.165, 1.54) is 10.6 Å². The number of hydrogen-bond donors (Lipinski definition) is 1. The molecule has 1 atom stereocenters. The number of amides is 1. The highest BCUT2D eigenvalue weighted by atomic mass is 16.2. The van der Waals surface area contributed by atoms with Crippen molar-refractivity contribution in [2.75, 3.05) is 20.1 Å². The fourth-order valence-electron chi connectivity index (χ4n) is 2.89. The number of fused-ring (bicyclic) bond motifs is 1. The van der Waals surface area contributed by atoms with Gasteiger partial charge in [-0.1, -0.05) is 0 Å². The van der Waals surface area contributed by atoms with E-state index in [4.69, 9.17) is 0 Å². The lowest BCUT2D eigenvalue weighted by Crippen LogP contribution is -2.48. The van der Waals surface area contributed by atoms with Gasteiger partial charge >= 0.3 is 0 Å². The Bertz CT molecular complexity index is 768. The van der Waals surface area contributed by atoms with Crippen molar-refractivity contribution < 1.29 is 4.79 Å². The van der Waals surface area contributed by atoms with Gasteiger partial charge in [-0.2, -0.15) is 0 Å². The van der Waals surface area contributed by atoms with Crippen molar-refractivity contribution in [2.24, 2.45) is 0 Å². The van der Waals surface area contributed by atoms with Crippen LogP contribution in [0.2, 0.25) is 0 Å². The summed E-state index contributed by atoms with van der Waals surface area (Å²) in [5.74, 6) is -0.229. The van der Waals surface area contributed by atoms with Crippen LogP contribution in [0.15, 0.2) is 29.3 Å². The van der Waals surface area contributed by atoms with E-state index in [-0.39, 0.29) is 23.1 Å². The standard InChI is InChI=1S/C16H20N4O2/c1-11-5-7-20-14(8-11)18-9-13(16(20)22)15(21)19-6-3-4-12(10-19)17-2/h5,7-9,12,17H,3-4,6,10H2,1-2H3/t12-/m0/s1. The van der Waals surface area contributed by atoms with Crippen LogP contribution in [-0.4, -0.2) is 46.4 Å². The van der Waals surface area contributed by atoms with E-state index < -0.39 is 0 Å². The summed E-state index contributed by atoms with van der Waals surface area (Å²) in [7, 11) is 1.90. The summed E-state index contributed by atoms with van der Waals surface area (Å²) in [6.07, 6.45) is 5.07. The van der Waals surface area contributed by atoms with Crippen molar-refractivity contribution >= 4 is 11.6 Å². The van der Waals surface area contributed by atoms with Gasteiger partial charge in [0.1, 0.15) is 11.2 Å². The first kappa shape index (κ1) is 14.7. The number of aryl methyl sites for hydroxylation is 1. The van der Waals surface area contributed by atoms with Crippen LogP contribution in [-0.2, 0) is 0 Å². The third-order valence-electron chi connectivity index (χ3n) is 4.21. The number of nitrogens with zero attached hydrogens (tertiary/aromatic N) is 3. The molecule has 116 valence electrons. The molecule has 1 fully saturated rings. The highest BCUT2D eigenvalue weighted by molar-refractivity contribution is 5.93. The predicted octanol–water partition coefficient (Wildman–Crippen LogP) is 0.827. The van der Waals surface area contributed by atoms with E-state index in [2.05, 4.69) is 10.3 Å². The molecule has 1 saturated heterocycles. The highest BCUT2D eigenvalue weighted by Gasteiger charge is 2.25. The van der Waals surface area contributed by atoms with Gasteiger partial charge in [0.25, 0.3) is 11.5 Å². The fraction of sp³-hybridized carbons (Fsp3) is 0.438. The maximum atomic E-state index is 12.6. The first-order chi connectivity index (χ1) is 10.6.